The number of benzene rings is 2. The number of carbonyl (C=O) groups excluding carboxylic acids is 1. The van der Waals surface area contributed by atoms with Crippen molar-refractivity contribution in [1.82, 2.24) is 15.0 Å². The summed E-state index contributed by atoms with van der Waals surface area (Å²) >= 11 is 0. The van der Waals surface area contributed by atoms with E-state index in [4.69, 9.17) is 4.42 Å². The topological polar surface area (TPSA) is 89.1 Å². The molecule has 263 valence electrons. The second-order valence-electron chi connectivity index (χ2n) is 14.1. The van der Waals surface area contributed by atoms with Crippen LogP contribution in [-0.2, 0) is 36.7 Å². The standard InChI is InChI=1S/C29H28N3O.C13H24O2.Ir/c1-18(2)10-22-12-21-16-30-27(15-28(21)33-22)26-14-25(31-17-32-26)20-11-19-8-6-7-9-23(19)24(13-20)29(3,4)5;1-5-10(6-2)12(14)9-13(15)11(7-3)8-4;/h6-9,12-18H,10H2,1-5H3;9-11,14H,5-8H2,1-4H3;/q-1;;/b;12-9-;. The minimum Gasteiger partial charge on any atom is -0.512 e. The first-order chi connectivity index (χ1) is 22.9. The molecule has 1 N–H and O–H groups in total. The van der Waals surface area contributed by atoms with Crippen LogP contribution in [0.1, 0.15) is 99.3 Å². The van der Waals surface area contributed by atoms with Gasteiger partial charge in [-0.1, -0.05) is 91.5 Å². The third-order valence-electron chi connectivity index (χ3n) is 8.93. The van der Waals surface area contributed by atoms with E-state index >= 15 is 0 Å². The summed E-state index contributed by atoms with van der Waals surface area (Å²) in [7, 11) is 0. The summed E-state index contributed by atoms with van der Waals surface area (Å²) in [6.07, 6.45) is 9.28. The molecule has 0 amide bonds. The maximum absolute atomic E-state index is 11.7. The molecule has 0 atom stereocenters. The number of carbonyl (C=O) groups is 1. The second-order valence-corrected chi connectivity index (χ2v) is 14.1. The first kappa shape index (κ1) is 39.8. The molecule has 5 rings (SSSR count). The van der Waals surface area contributed by atoms with Gasteiger partial charge in [0.2, 0.25) is 0 Å². The smallest absolute Gasteiger partial charge is 0.162 e. The number of aliphatic hydroxyl groups is 1. The molecule has 0 aliphatic heterocycles. The van der Waals surface area contributed by atoms with Crippen molar-refractivity contribution in [2.24, 2.45) is 17.8 Å². The Hall–Kier alpha value is -3.67. The predicted octanol–water partition coefficient (Wildman–Crippen LogP) is 11.3. The normalized spacial score (nSPS) is 12.0. The average molecular weight is 839 g/mol. The van der Waals surface area contributed by atoms with E-state index < -0.39 is 0 Å². The molecule has 5 aromatic rings. The number of pyridine rings is 1. The zero-order chi connectivity index (χ0) is 35.0. The van der Waals surface area contributed by atoms with Crippen molar-refractivity contribution in [2.75, 3.05) is 0 Å². The summed E-state index contributed by atoms with van der Waals surface area (Å²) in [6.45, 7) is 19.2. The first-order valence-corrected chi connectivity index (χ1v) is 17.5. The number of aliphatic hydroxyl groups excluding tert-OH is 1. The van der Waals surface area contributed by atoms with Gasteiger partial charge >= 0.3 is 0 Å². The number of fused-ring (bicyclic) bond motifs is 2. The van der Waals surface area contributed by atoms with Gasteiger partial charge in [0.1, 0.15) is 17.7 Å². The van der Waals surface area contributed by atoms with Gasteiger partial charge in [-0.3, -0.25) is 14.8 Å². The van der Waals surface area contributed by atoms with E-state index in [9.17, 15) is 9.90 Å². The number of hydrogen-bond acceptors (Lipinski definition) is 6. The van der Waals surface area contributed by atoms with Gasteiger partial charge in [-0.15, -0.1) is 29.1 Å². The van der Waals surface area contributed by atoms with Crippen LogP contribution >= 0.6 is 0 Å². The SMILES string of the molecule is CC(C)Cc1cc2cnc(-c3cc(-c4[c-]c5ccccc5c(C(C)(C)C)c4)ncn3)cc2o1.CCC(CC)C(=O)/C=C(\O)C(CC)CC.[Ir]. The Morgan fingerprint density at radius 3 is 2.14 bits per heavy atom. The molecule has 3 heterocycles. The van der Waals surface area contributed by atoms with Crippen LogP contribution in [0.4, 0.5) is 0 Å². The fourth-order valence-corrected chi connectivity index (χ4v) is 6.04. The maximum Gasteiger partial charge on any atom is 0.162 e. The minimum absolute atomic E-state index is 0. The Morgan fingerprint density at radius 1 is 0.878 bits per heavy atom. The van der Waals surface area contributed by atoms with Gasteiger partial charge < -0.3 is 9.52 Å². The Bertz CT molecular complexity index is 1860. The molecular formula is C42H52IrN3O3-. The van der Waals surface area contributed by atoms with Gasteiger partial charge in [-0.2, -0.15) is 0 Å². The molecule has 2 aromatic carbocycles. The Kier molecular flexibility index (Phi) is 14.5. The molecule has 0 aliphatic rings. The van der Waals surface area contributed by atoms with E-state index in [1.54, 1.807) is 6.33 Å². The summed E-state index contributed by atoms with van der Waals surface area (Å²) in [5.74, 6) is 2.08. The van der Waals surface area contributed by atoms with Crippen molar-refractivity contribution in [3.63, 3.8) is 0 Å². The molecule has 6 nitrogen and oxygen atoms in total. The van der Waals surface area contributed by atoms with Crippen LogP contribution in [0.2, 0.25) is 0 Å². The van der Waals surface area contributed by atoms with Crippen molar-refractivity contribution in [3.8, 4) is 22.6 Å². The van der Waals surface area contributed by atoms with E-state index in [1.165, 1.54) is 17.0 Å². The summed E-state index contributed by atoms with van der Waals surface area (Å²) in [5.41, 5.74) is 5.44. The quantitative estimate of drug-likeness (QED) is 0.0810. The van der Waals surface area contributed by atoms with Crippen molar-refractivity contribution in [1.29, 1.82) is 0 Å². The monoisotopic (exact) mass is 839 g/mol. The van der Waals surface area contributed by atoms with Gasteiger partial charge in [-0.05, 0) is 49.1 Å². The summed E-state index contributed by atoms with van der Waals surface area (Å²) < 4.78 is 6.07. The number of rotatable bonds is 11. The molecule has 0 spiro atoms. The van der Waals surface area contributed by atoms with Gasteiger partial charge in [0, 0.05) is 67.8 Å². The summed E-state index contributed by atoms with van der Waals surface area (Å²) in [5, 5.41) is 13.1. The number of nitrogens with zero attached hydrogens (tertiary/aromatic N) is 3. The van der Waals surface area contributed by atoms with E-state index in [1.807, 2.05) is 46.0 Å². The van der Waals surface area contributed by atoms with Crippen molar-refractivity contribution in [2.45, 2.75) is 99.8 Å². The summed E-state index contributed by atoms with van der Waals surface area (Å²) in [6, 6.07) is 20.2. The van der Waals surface area contributed by atoms with Crippen LogP contribution in [0.3, 0.4) is 0 Å². The van der Waals surface area contributed by atoms with E-state index in [0.29, 0.717) is 5.92 Å². The zero-order valence-corrected chi connectivity index (χ0v) is 33.0. The molecular weight excluding hydrogens is 787 g/mol. The molecule has 0 fully saturated rings. The van der Waals surface area contributed by atoms with Crippen LogP contribution < -0.4 is 0 Å². The average Bonchev–Trinajstić information content (AvgIpc) is 3.46. The van der Waals surface area contributed by atoms with Crippen LogP contribution in [0.25, 0.3) is 44.4 Å². The number of aromatic nitrogens is 3. The molecule has 0 saturated carbocycles. The maximum atomic E-state index is 11.7. The molecule has 7 heteroatoms. The van der Waals surface area contributed by atoms with Gasteiger partial charge in [0.25, 0.3) is 0 Å². The van der Waals surface area contributed by atoms with E-state index in [0.717, 1.165) is 76.9 Å². The largest absolute Gasteiger partial charge is 0.512 e. The van der Waals surface area contributed by atoms with Crippen molar-refractivity contribution < 1.29 is 34.4 Å². The predicted molar refractivity (Wildman–Crippen MR) is 198 cm³/mol. The van der Waals surface area contributed by atoms with E-state index in [2.05, 4.69) is 92.0 Å². The van der Waals surface area contributed by atoms with Crippen LogP contribution in [0.15, 0.2) is 77.3 Å². The number of ketones is 1. The zero-order valence-electron chi connectivity index (χ0n) is 30.6. The molecule has 0 saturated heterocycles. The minimum atomic E-state index is -0.00111. The molecule has 1 radical (unpaired) electrons. The van der Waals surface area contributed by atoms with Crippen LogP contribution in [0.5, 0.6) is 0 Å². The second kappa shape index (κ2) is 17.8. The third-order valence-corrected chi connectivity index (χ3v) is 8.93. The Labute approximate surface area is 306 Å². The summed E-state index contributed by atoms with van der Waals surface area (Å²) in [4.78, 5) is 25.4. The Balaban J connectivity index is 0.000000347. The number of hydrogen-bond donors (Lipinski definition) is 1. The first-order valence-electron chi connectivity index (χ1n) is 17.5. The molecule has 0 aliphatic carbocycles. The third kappa shape index (κ3) is 10.2. The number of allylic oxidation sites excluding steroid dienone is 2. The van der Waals surface area contributed by atoms with Gasteiger partial charge in [0.15, 0.2) is 5.78 Å². The number of furan rings is 1. The van der Waals surface area contributed by atoms with Gasteiger partial charge in [-0.25, -0.2) is 4.98 Å². The fourth-order valence-electron chi connectivity index (χ4n) is 6.04. The Morgan fingerprint density at radius 2 is 1.51 bits per heavy atom. The molecule has 49 heavy (non-hydrogen) atoms. The molecule has 0 bridgehead atoms. The molecule has 0 unspecified atom stereocenters. The van der Waals surface area contributed by atoms with Crippen molar-refractivity contribution in [3.05, 3.63) is 90.3 Å². The van der Waals surface area contributed by atoms with E-state index in [-0.39, 0.29) is 48.9 Å². The molecule has 3 aromatic heterocycles. The van der Waals surface area contributed by atoms with Crippen LogP contribution in [0, 0.1) is 23.8 Å². The van der Waals surface area contributed by atoms with Crippen LogP contribution in [-0.4, -0.2) is 25.8 Å². The van der Waals surface area contributed by atoms with Gasteiger partial charge in [0.05, 0.1) is 17.1 Å². The fraction of sp³-hybridized carbons (Fsp3) is 0.429. The van der Waals surface area contributed by atoms with Crippen molar-refractivity contribution >= 4 is 27.5 Å².